The highest BCUT2D eigenvalue weighted by atomic mass is 14.5. The second-order valence-electron chi connectivity index (χ2n) is 3.06. The molecule has 1 unspecified atom stereocenters. The Balaban J connectivity index is 4.30. The smallest absolute Gasteiger partial charge is 0.00714 e. The summed E-state index contributed by atoms with van der Waals surface area (Å²) in [5.41, 5.74) is 12.6. The highest BCUT2D eigenvalue weighted by molar-refractivity contribution is 5.04. The van der Waals surface area contributed by atoms with Crippen molar-refractivity contribution in [3.8, 4) is 0 Å². The summed E-state index contributed by atoms with van der Waals surface area (Å²) in [6.07, 6.45) is 3.27. The van der Waals surface area contributed by atoms with Gasteiger partial charge >= 0.3 is 0 Å². The van der Waals surface area contributed by atoms with Crippen LogP contribution in [-0.4, -0.2) is 6.54 Å². The van der Waals surface area contributed by atoms with Gasteiger partial charge in [-0.25, -0.2) is 0 Å². The van der Waals surface area contributed by atoms with E-state index in [1.165, 1.54) is 5.57 Å². The first kappa shape index (κ1) is 11.3. The molecule has 0 spiro atoms. The fourth-order valence-corrected chi connectivity index (χ4v) is 1.24. The molecule has 0 aromatic heterocycles. The first-order chi connectivity index (χ1) is 5.76. The molecule has 0 rings (SSSR count). The first-order valence-corrected chi connectivity index (χ1v) is 4.60. The Hall–Kier alpha value is -0.740. The Morgan fingerprint density at radius 2 is 2.25 bits per heavy atom. The molecular weight excluding hydrogens is 146 g/mol. The maximum Gasteiger partial charge on any atom is -0.00714 e. The number of hydrogen-bond acceptors (Lipinski definition) is 1. The summed E-state index contributed by atoms with van der Waals surface area (Å²) in [7, 11) is 0. The number of rotatable bonds is 5. The van der Waals surface area contributed by atoms with Gasteiger partial charge in [0.2, 0.25) is 0 Å². The fraction of sp³-hybridized carbons (Fsp3) is 0.636. The maximum atomic E-state index is 5.48. The van der Waals surface area contributed by atoms with Crippen LogP contribution < -0.4 is 5.73 Å². The molecule has 0 fully saturated rings. The zero-order valence-electron chi connectivity index (χ0n) is 8.19. The van der Waals surface area contributed by atoms with Crippen molar-refractivity contribution < 1.29 is 0 Å². The molecular formula is C11H19N. The molecule has 68 valence electrons. The van der Waals surface area contributed by atoms with Gasteiger partial charge in [0, 0.05) is 0 Å². The number of nitrogens with two attached hydrogens (primary N) is 1. The van der Waals surface area contributed by atoms with E-state index in [2.05, 4.69) is 31.9 Å². The molecule has 12 heavy (non-hydrogen) atoms. The molecule has 0 heterocycles. The van der Waals surface area contributed by atoms with Gasteiger partial charge in [0.1, 0.15) is 0 Å². The van der Waals surface area contributed by atoms with E-state index >= 15 is 0 Å². The predicted molar refractivity (Wildman–Crippen MR) is 53.9 cm³/mol. The van der Waals surface area contributed by atoms with Crippen LogP contribution in [0.15, 0.2) is 23.6 Å². The molecule has 0 radical (unpaired) electrons. The molecule has 0 aliphatic carbocycles. The van der Waals surface area contributed by atoms with E-state index in [1.54, 1.807) is 0 Å². The summed E-state index contributed by atoms with van der Waals surface area (Å²) in [5, 5.41) is 0. The highest BCUT2D eigenvalue weighted by Crippen LogP contribution is 2.17. The zero-order chi connectivity index (χ0) is 9.40. The average molecular weight is 165 g/mol. The quantitative estimate of drug-likeness (QED) is 0.623. The van der Waals surface area contributed by atoms with E-state index in [4.69, 9.17) is 5.73 Å². The SMILES string of the molecule is C=C=C=C(CCC)C(C)CCN. The molecule has 0 bridgehead atoms. The molecule has 1 atom stereocenters. The second-order valence-corrected chi connectivity index (χ2v) is 3.06. The molecule has 0 aromatic rings. The monoisotopic (exact) mass is 165 g/mol. The lowest BCUT2D eigenvalue weighted by Gasteiger charge is -2.10. The van der Waals surface area contributed by atoms with E-state index < -0.39 is 0 Å². The molecule has 0 aliphatic rings. The minimum absolute atomic E-state index is 0.532. The van der Waals surface area contributed by atoms with Gasteiger partial charge in [-0.2, -0.15) is 0 Å². The van der Waals surface area contributed by atoms with Gasteiger partial charge in [-0.1, -0.05) is 31.7 Å². The molecule has 0 amide bonds. The van der Waals surface area contributed by atoms with Crippen LogP contribution in [0.2, 0.25) is 0 Å². The summed E-state index contributed by atoms with van der Waals surface area (Å²) in [6, 6.07) is 0. The summed E-state index contributed by atoms with van der Waals surface area (Å²) in [6.45, 7) is 8.63. The Morgan fingerprint density at radius 1 is 1.58 bits per heavy atom. The van der Waals surface area contributed by atoms with Gasteiger partial charge in [0.05, 0.1) is 0 Å². The molecule has 0 saturated heterocycles. The fourth-order valence-electron chi connectivity index (χ4n) is 1.24. The van der Waals surface area contributed by atoms with Gasteiger partial charge in [0.15, 0.2) is 0 Å². The summed E-state index contributed by atoms with van der Waals surface area (Å²) >= 11 is 0. The highest BCUT2D eigenvalue weighted by Gasteiger charge is 2.05. The van der Waals surface area contributed by atoms with Gasteiger partial charge < -0.3 is 5.73 Å². The third-order valence-electron chi connectivity index (χ3n) is 1.96. The third kappa shape index (κ3) is 4.20. The second kappa shape index (κ2) is 6.94. The molecule has 0 aliphatic heterocycles. The Labute approximate surface area is 75.7 Å². The topological polar surface area (TPSA) is 26.0 Å². The Morgan fingerprint density at radius 3 is 2.67 bits per heavy atom. The van der Waals surface area contributed by atoms with Gasteiger partial charge in [-0.3, -0.25) is 0 Å². The minimum Gasteiger partial charge on any atom is -0.330 e. The maximum absolute atomic E-state index is 5.48. The molecule has 2 N–H and O–H groups in total. The van der Waals surface area contributed by atoms with Crippen LogP contribution >= 0.6 is 0 Å². The molecule has 1 heteroatoms. The van der Waals surface area contributed by atoms with Crippen molar-refractivity contribution in [2.45, 2.75) is 33.1 Å². The number of hydrogen-bond donors (Lipinski definition) is 1. The lowest BCUT2D eigenvalue weighted by atomic mass is 9.95. The van der Waals surface area contributed by atoms with E-state index in [1.807, 2.05) is 0 Å². The van der Waals surface area contributed by atoms with Crippen LogP contribution in [0.3, 0.4) is 0 Å². The van der Waals surface area contributed by atoms with Crippen LogP contribution in [0.5, 0.6) is 0 Å². The van der Waals surface area contributed by atoms with Crippen molar-refractivity contribution in [1.29, 1.82) is 0 Å². The minimum atomic E-state index is 0.532. The largest absolute Gasteiger partial charge is 0.330 e. The first-order valence-electron chi connectivity index (χ1n) is 4.60. The standard InChI is InChI=1S/C11H19N/c1-4-6-11(7-5-2)10(3)8-9-12/h10H,1,5,7-9,12H2,2-3H3. The van der Waals surface area contributed by atoms with Crippen LogP contribution in [0.4, 0.5) is 0 Å². The van der Waals surface area contributed by atoms with Gasteiger partial charge in [0.25, 0.3) is 0 Å². The molecule has 1 nitrogen and oxygen atoms in total. The van der Waals surface area contributed by atoms with Crippen LogP contribution in [0.1, 0.15) is 33.1 Å². The van der Waals surface area contributed by atoms with Crippen molar-refractivity contribution >= 4 is 0 Å². The summed E-state index contributed by atoms with van der Waals surface area (Å²) in [4.78, 5) is 0. The van der Waals surface area contributed by atoms with Crippen molar-refractivity contribution in [2.75, 3.05) is 6.54 Å². The third-order valence-corrected chi connectivity index (χ3v) is 1.96. The van der Waals surface area contributed by atoms with Crippen molar-refractivity contribution in [3.05, 3.63) is 23.6 Å². The normalized spacial score (nSPS) is 11.6. The lowest BCUT2D eigenvalue weighted by Crippen LogP contribution is -2.07. The zero-order valence-corrected chi connectivity index (χ0v) is 8.19. The van der Waals surface area contributed by atoms with Gasteiger partial charge in [-0.15, -0.1) is 0 Å². The predicted octanol–water partition coefficient (Wildman–Crippen LogP) is 2.64. The average Bonchev–Trinajstić information content (AvgIpc) is 2.04. The van der Waals surface area contributed by atoms with E-state index in [0.29, 0.717) is 5.92 Å². The molecule has 0 aromatic carbocycles. The summed E-state index contributed by atoms with van der Waals surface area (Å²) in [5.74, 6) is 0.532. The van der Waals surface area contributed by atoms with Gasteiger partial charge in [-0.05, 0) is 37.5 Å². The Bertz CT molecular complexity index is 193. The summed E-state index contributed by atoms with van der Waals surface area (Å²) < 4.78 is 0. The van der Waals surface area contributed by atoms with Crippen molar-refractivity contribution in [3.63, 3.8) is 0 Å². The molecule has 0 saturated carbocycles. The van der Waals surface area contributed by atoms with Crippen LogP contribution in [-0.2, 0) is 0 Å². The van der Waals surface area contributed by atoms with Crippen molar-refractivity contribution in [2.24, 2.45) is 11.7 Å². The lowest BCUT2D eigenvalue weighted by molar-refractivity contribution is 0.594. The number of allylic oxidation sites excluding steroid dienone is 1. The van der Waals surface area contributed by atoms with Crippen LogP contribution in [0, 0.1) is 5.92 Å². The van der Waals surface area contributed by atoms with E-state index in [0.717, 1.165) is 25.8 Å². The van der Waals surface area contributed by atoms with E-state index in [-0.39, 0.29) is 0 Å². The Kier molecular flexibility index (Phi) is 6.51. The van der Waals surface area contributed by atoms with Crippen LogP contribution in [0.25, 0.3) is 0 Å². The van der Waals surface area contributed by atoms with Crippen molar-refractivity contribution in [1.82, 2.24) is 0 Å². The van der Waals surface area contributed by atoms with E-state index in [9.17, 15) is 0 Å².